The van der Waals surface area contributed by atoms with Crippen LogP contribution >= 0.6 is 24.0 Å². The molecule has 0 saturated carbocycles. The molecule has 7 heteroatoms. The van der Waals surface area contributed by atoms with Gasteiger partial charge in [0.25, 0.3) is 5.91 Å². The second-order valence-corrected chi connectivity index (χ2v) is 8.14. The van der Waals surface area contributed by atoms with Crippen LogP contribution in [0.3, 0.4) is 0 Å². The predicted molar refractivity (Wildman–Crippen MR) is 122 cm³/mol. The Hall–Kier alpha value is -2.50. The van der Waals surface area contributed by atoms with Crippen molar-refractivity contribution in [1.82, 2.24) is 15.1 Å². The van der Waals surface area contributed by atoms with Gasteiger partial charge in [-0.3, -0.25) is 9.48 Å². The lowest BCUT2D eigenvalue weighted by Crippen LogP contribution is -2.26. The molecule has 5 nitrogen and oxygen atoms in total. The fourth-order valence-corrected chi connectivity index (χ4v) is 3.06. The summed E-state index contributed by atoms with van der Waals surface area (Å²) >= 11 is 6.36. The van der Waals surface area contributed by atoms with Crippen LogP contribution in [0, 0.1) is 0 Å². The highest BCUT2D eigenvalue weighted by atomic mass is 35.5. The molecule has 0 aliphatic heterocycles. The summed E-state index contributed by atoms with van der Waals surface area (Å²) in [4.78, 5) is 12.9. The number of nitrogens with zero attached hydrogens (tertiary/aromatic N) is 2. The van der Waals surface area contributed by atoms with Crippen LogP contribution in [0.15, 0.2) is 54.7 Å². The minimum absolute atomic E-state index is 0. The summed E-state index contributed by atoms with van der Waals surface area (Å²) in [5.74, 6) is -0.166. The van der Waals surface area contributed by atoms with Crippen molar-refractivity contribution >= 4 is 35.6 Å². The number of hydrogen-bond donors (Lipinski definition) is 2. The van der Waals surface area contributed by atoms with Crippen molar-refractivity contribution in [3.8, 4) is 11.3 Å². The maximum absolute atomic E-state index is 12.9. The van der Waals surface area contributed by atoms with Crippen LogP contribution in [0.5, 0.6) is 0 Å². The maximum atomic E-state index is 12.9. The number of nitrogen functional groups attached to an aromatic ring is 1. The van der Waals surface area contributed by atoms with Crippen LogP contribution < -0.4 is 11.1 Å². The summed E-state index contributed by atoms with van der Waals surface area (Å²) in [6.07, 6.45) is 2.51. The normalized spacial score (nSPS) is 11.0. The summed E-state index contributed by atoms with van der Waals surface area (Å²) in [6, 6.07) is 15.1. The Labute approximate surface area is 182 Å². The van der Waals surface area contributed by atoms with Gasteiger partial charge in [-0.05, 0) is 51.0 Å². The number of hydrogen-bond acceptors (Lipinski definition) is 3. The number of carbonyl (C=O) groups excluding carboxylic acids is 1. The molecule has 0 atom stereocenters. The van der Waals surface area contributed by atoms with Gasteiger partial charge in [-0.25, -0.2) is 0 Å². The smallest absolute Gasteiger partial charge is 0.255 e. The van der Waals surface area contributed by atoms with Gasteiger partial charge in [0, 0.05) is 24.0 Å². The van der Waals surface area contributed by atoms with Crippen LogP contribution in [0.1, 0.15) is 36.7 Å². The first kappa shape index (κ1) is 22.8. The van der Waals surface area contributed by atoms with Crippen molar-refractivity contribution in [3.05, 3.63) is 70.9 Å². The van der Waals surface area contributed by atoms with E-state index in [0.717, 1.165) is 23.2 Å². The van der Waals surface area contributed by atoms with Crippen LogP contribution in [0.4, 0.5) is 5.69 Å². The number of benzene rings is 2. The summed E-state index contributed by atoms with van der Waals surface area (Å²) in [7, 11) is 0. The zero-order valence-electron chi connectivity index (χ0n) is 16.8. The number of aromatic nitrogens is 2. The van der Waals surface area contributed by atoms with E-state index in [1.165, 1.54) is 0 Å². The maximum Gasteiger partial charge on any atom is 0.255 e. The minimum atomic E-state index is -0.251. The largest absolute Gasteiger partial charge is 0.399 e. The van der Waals surface area contributed by atoms with E-state index < -0.39 is 0 Å². The zero-order chi connectivity index (χ0) is 20.3. The van der Waals surface area contributed by atoms with Gasteiger partial charge in [0.05, 0.1) is 16.1 Å². The van der Waals surface area contributed by atoms with E-state index in [-0.39, 0.29) is 23.9 Å². The van der Waals surface area contributed by atoms with E-state index in [9.17, 15) is 4.79 Å². The third-order valence-corrected chi connectivity index (χ3v) is 4.78. The number of amides is 1. The molecule has 1 amide bonds. The van der Waals surface area contributed by atoms with Crippen molar-refractivity contribution in [3.63, 3.8) is 0 Å². The van der Waals surface area contributed by atoms with Crippen molar-refractivity contribution < 1.29 is 4.79 Å². The fourth-order valence-electron chi connectivity index (χ4n) is 2.84. The molecule has 1 heterocycles. The number of anilines is 1. The molecule has 29 heavy (non-hydrogen) atoms. The number of halogens is 2. The van der Waals surface area contributed by atoms with Gasteiger partial charge in [-0.1, -0.05) is 41.9 Å². The third kappa shape index (κ3) is 5.52. The second kappa shape index (κ2) is 9.33. The molecular weight excluding hydrogens is 407 g/mol. The zero-order valence-corrected chi connectivity index (χ0v) is 18.3. The highest BCUT2D eigenvalue weighted by molar-refractivity contribution is 6.33. The second-order valence-electron chi connectivity index (χ2n) is 7.73. The highest BCUT2D eigenvalue weighted by Crippen LogP contribution is 2.30. The van der Waals surface area contributed by atoms with E-state index in [1.807, 2.05) is 63.2 Å². The van der Waals surface area contributed by atoms with E-state index >= 15 is 0 Å². The monoisotopic (exact) mass is 432 g/mol. The van der Waals surface area contributed by atoms with Gasteiger partial charge < -0.3 is 11.1 Å². The molecule has 0 radical (unpaired) electrons. The van der Waals surface area contributed by atoms with Crippen LogP contribution in [-0.2, 0) is 12.0 Å². The Balaban J connectivity index is 0.00000300. The lowest BCUT2D eigenvalue weighted by molar-refractivity contribution is 0.0954. The van der Waals surface area contributed by atoms with Crippen molar-refractivity contribution in [2.45, 2.75) is 32.7 Å². The van der Waals surface area contributed by atoms with Gasteiger partial charge in [-0.2, -0.15) is 5.10 Å². The first-order valence-corrected chi connectivity index (χ1v) is 9.61. The molecule has 1 aromatic heterocycles. The quantitative estimate of drug-likeness (QED) is 0.560. The van der Waals surface area contributed by atoms with Gasteiger partial charge >= 0.3 is 0 Å². The van der Waals surface area contributed by atoms with Gasteiger partial charge in [0.1, 0.15) is 5.69 Å². The molecule has 3 rings (SSSR count). The van der Waals surface area contributed by atoms with Crippen molar-refractivity contribution in [1.29, 1.82) is 0 Å². The number of nitrogens with one attached hydrogen (secondary N) is 1. The Kier molecular flexibility index (Phi) is 7.33. The summed E-state index contributed by atoms with van der Waals surface area (Å²) in [5.41, 5.74) is 9.15. The lowest BCUT2D eigenvalue weighted by atomic mass is 10.1. The first-order chi connectivity index (χ1) is 13.3. The average molecular weight is 433 g/mol. The molecule has 0 aliphatic carbocycles. The molecule has 0 saturated heterocycles. The Morgan fingerprint density at radius 1 is 1.14 bits per heavy atom. The van der Waals surface area contributed by atoms with E-state index in [0.29, 0.717) is 22.8 Å². The molecule has 0 bridgehead atoms. The van der Waals surface area contributed by atoms with Crippen molar-refractivity contribution in [2.75, 3.05) is 12.3 Å². The molecular formula is C22H26Cl2N4O. The third-order valence-electron chi connectivity index (χ3n) is 4.45. The summed E-state index contributed by atoms with van der Waals surface area (Å²) in [5, 5.41) is 8.22. The Morgan fingerprint density at radius 2 is 1.79 bits per heavy atom. The molecule has 0 aliphatic rings. The topological polar surface area (TPSA) is 72.9 Å². The number of nitrogens with two attached hydrogens (primary N) is 1. The first-order valence-electron chi connectivity index (χ1n) is 9.23. The molecule has 0 fully saturated rings. The van der Waals surface area contributed by atoms with E-state index in [1.54, 1.807) is 16.9 Å². The standard InChI is InChI=1S/C22H25ClN4O.ClH/c1-22(2,3)27-14-18(20(26-27)17-6-4-5-7-19(17)23)21(28)25-13-12-15-8-10-16(24)11-9-15;/h4-11,14H,12-13,24H2,1-3H3,(H,25,28);1H. The van der Waals surface area contributed by atoms with Crippen LogP contribution in [0.25, 0.3) is 11.3 Å². The summed E-state index contributed by atoms with van der Waals surface area (Å²) in [6.45, 7) is 6.64. The number of rotatable bonds is 5. The molecule has 0 spiro atoms. The summed E-state index contributed by atoms with van der Waals surface area (Å²) < 4.78 is 1.81. The van der Waals surface area contributed by atoms with Gasteiger partial charge in [0.2, 0.25) is 0 Å². The Morgan fingerprint density at radius 3 is 2.41 bits per heavy atom. The fraction of sp³-hybridized carbons (Fsp3) is 0.273. The Bertz CT molecular complexity index is 975. The molecule has 2 aromatic carbocycles. The molecule has 3 N–H and O–H groups in total. The van der Waals surface area contributed by atoms with Crippen LogP contribution in [0.2, 0.25) is 5.02 Å². The molecule has 154 valence electrons. The lowest BCUT2D eigenvalue weighted by Gasteiger charge is -2.18. The predicted octanol–water partition coefficient (Wildman–Crippen LogP) is 4.94. The molecule has 3 aromatic rings. The van der Waals surface area contributed by atoms with Crippen LogP contribution in [-0.4, -0.2) is 22.2 Å². The minimum Gasteiger partial charge on any atom is -0.399 e. The van der Waals surface area contributed by atoms with Crippen molar-refractivity contribution in [2.24, 2.45) is 0 Å². The average Bonchev–Trinajstić information content (AvgIpc) is 3.09. The highest BCUT2D eigenvalue weighted by Gasteiger charge is 2.23. The SMILES string of the molecule is CC(C)(C)n1cc(C(=O)NCCc2ccc(N)cc2)c(-c2ccccc2Cl)n1.Cl. The van der Waals surface area contributed by atoms with E-state index in [4.69, 9.17) is 17.3 Å². The van der Waals surface area contributed by atoms with Gasteiger partial charge in [0.15, 0.2) is 0 Å². The van der Waals surface area contributed by atoms with Gasteiger partial charge in [-0.15, -0.1) is 12.4 Å². The molecule has 0 unspecified atom stereocenters. The number of carbonyl (C=O) groups is 1. The van der Waals surface area contributed by atoms with E-state index in [2.05, 4.69) is 10.4 Å².